The lowest BCUT2D eigenvalue weighted by Gasteiger charge is -2.14. The lowest BCUT2D eigenvalue weighted by molar-refractivity contribution is 0.670. The first kappa shape index (κ1) is 25.9. The molecule has 0 unspecified atom stereocenters. The van der Waals surface area contributed by atoms with Crippen molar-refractivity contribution in [1.29, 1.82) is 0 Å². The molecular formula is C43H25N3O. The highest BCUT2D eigenvalue weighted by atomic mass is 16.3. The zero-order valence-corrected chi connectivity index (χ0v) is 25.2. The zero-order chi connectivity index (χ0) is 30.9. The Morgan fingerprint density at radius 1 is 0.319 bits per heavy atom. The van der Waals surface area contributed by atoms with Gasteiger partial charge in [0.15, 0.2) is 17.5 Å². The summed E-state index contributed by atoms with van der Waals surface area (Å²) in [6.45, 7) is 0. The van der Waals surface area contributed by atoms with Crippen LogP contribution in [-0.4, -0.2) is 15.0 Å². The maximum absolute atomic E-state index is 6.73. The van der Waals surface area contributed by atoms with Crippen LogP contribution in [0.15, 0.2) is 156 Å². The number of benzene rings is 8. The zero-order valence-electron chi connectivity index (χ0n) is 25.2. The van der Waals surface area contributed by atoms with Crippen molar-refractivity contribution in [1.82, 2.24) is 15.0 Å². The molecule has 10 rings (SSSR count). The van der Waals surface area contributed by atoms with Gasteiger partial charge in [-0.3, -0.25) is 0 Å². The molecule has 10 aromatic rings. The first-order valence-corrected chi connectivity index (χ1v) is 15.8. The third-order valence-corrected chi connectivity index (χ3v) is 9.31. The van der Waals surface area contributed by atoms with E-state index in [4.69, 9.17) is 19.4 Å². The van der Waals surface area contributed by atoms with Crippen LogP contribution in [0.3, 0.4) is 0 Å². The van der Waals surface area contributed by atoms with Crippen LogP contribution in [0, 0.1) is 0 Å². The summed E-state index contributed by atoms with van der Waals surface area (Å²) in [4.78, 5) is 15.0. The average molecular weight is 600 g/mol. The van der Waals surface area contributed by atoms with Crippen LogP contribution in [0.25, 0.3) is 99.5 Å². The maximum Gasteiger partial charge on any atom is 0.164 e. The Kier molecular flexibility index (Phi) is 5.54. The molecule has 0 aliphatic carbocycles. The highest BCUT2D eigenvalue weighted by molar-refractivity contribution is 6.34. The van der Waals surface area contributed by atoms with Crippen LogP contribution < -0.4 is 0 Å². The summed E-state index contributed by atoms with van der Waals surface area (Å²) in [6.07, 6.45) is 0. The highest BCUT2D eigenvalue weighted by Gasteiger charge is 2.22. The van der Waals surface area contributed by atoms with Gasteiger partial charge in [0.2, 0.25) is 0 Å². The molecule has 47 heavy (non-hydrogen) atoms. The van der Waals surface area contributed by atoms with Crippen molar-refractivity contribution in [3.63, 3.8) is 0 Å². The van der Waals surface area contributed by atoms with Gasteiger partial charge in [-0.25, -0.2) is 15.0 Å². The van der Waals surface area contributed by atoms with Crippen molar-refractivity contribution in [3.05, 3.63) is 152 Å². The summed E-state index contributed by atoms with van der Waals surface area (Å²) in [5.41, 5.74) is 6.85. The van der Waals surface area contributed by atoms with E-state index in [2.05, 4.69) is 91.0 Å². The minimum atomic E-state index is 0.639. The number of hydrogen-bond acceptors (Lipinski definition) is 4. The molecule has 4 nitrogen and oxygen atoms in total. The van der Waals surface area contributed by atoms with Gasteiger partial charge in [-0.05, 0) is 56.1 Å². The molecule has 0 fully saturated rings. The average Bonchev–Trinajstić information content (AvgIpc) is 3.55. The maximum atomic E-state index is 6.73. The van der Waals surface area contributed by atoms with Gasteiger partial charge in [0.25, 0.3) is 0 Å². The Hall–Kier alpha value is -6.39. The number of fused-ring (bicyclic) bond motifs is 4. The molecule has 218 valence electrons. The number of rotatable bonds is 4. The van der Waals surface area contributed by atoms with E-state index in [1.807, 2.05) is 60.7 Å². The third-order valence-electron chi connectivity index (χ3n) is 9.31. The molecule has 0 atom stereocenters. The molecule has 0 amide bonds. The van der Waals surface area contributed by atoms with Crippen LogP contribution in [0.4, 0.5) is 0 Å². The second kappa shape index (κ2) is 10.1. The number of aromatic nitrogens is 3. The van der Waals surface area contributed by atoms with Crippen molar-refractivity contribution in [2.45, 2.75) is 0 Å². The summed E-state index contributed by atoms with van der Waals surface area (Å²) < 4.78 is 6.73. The lowest BCUT2D eigenvalue weighted by atomic mass is 9.90. The third kappa shape index (κ3) is 3.92. The molecule has 8 aromatic carbocycles. The van der Waals surface area contributed by atoms with Gasteiger partial charge in [-0.15, -0.1) is 0 Å². The quantitative estimate of drug-likeness (QED) is 0.189. The Balaban J connectivity index is 1.22. The van der Waals surface area contributed by atoms with Crippen molar-refractivity contribution in [2.75, 3.05) is 0 Å². The Labute approximate surface area is 270 Å². The van der Waals surface area contributed by atoms with E-state index < -0.39 is 0 Å². The van der Waals surface area contributed by atoms with Gasteiger partial charge in [-0.2, -0.15) is 0 Å². The molecule has 0 N–H and O–H groups in total. The number of furan rings is 1. The molecule has 0 saturated carbocycles. The molecule has 4 heteroatoms. The van der Waals surface area contributed by atoms with E-state index in [0.717, 1.165) is 49.8 Å². The monoisotopic (exact) mass is 599 g/mol. The number of nitrogens with zero attached hydrogens (tertiary/aromatic N) is 3. The minimum absolute atomic E-state index is 0.639. The summed E-state index contributed by atoms with van der Waals surface area (Å²) in [5.74, 6) is 1.93. The molecule has 0 aliphatic rings. The van der Waals surface area contributed by atoms with Gasteiger partial charge < -0.3 is 4.42 Å². The topological polar surface area (TPSA) is 51.8 Å². The van der Waals surface area contributed by atoms with Crippen LogP contribution in [0.1, 0.15) is 0 Å². The van der Waals surface area contributed by atoms with E-state index in [9.17, 15) is 0 Å². The van der Waals surface area contributed by atoms with Crippen molar-refractivity contribution >= 4 is 54.3 Å². The number of hydrogen-bond donors (Lipinski definition) is 0. The molecule has 0 bridgehead atoms. The molecule has 0 aliphatic heterocycles. The smallest absolute Gasteiger partial charge is 0.164 e. The summed E-state index contributed by atoms with van der Waals surface area (Å²) >= 11 is 0. The standard InChI is InChI=1S/C43H25N3O/c1-3-12-26(13-4-1)41-44-42(27-14-5-2-6-15-27)46-43(45-41)36-25-22-32(28-16-7-10-19-31(28)36)35-24-23-34-30-18-9-8-17-29(30)33-20-11-21-37-38(33)39(34)40(35)47-37/h1-25H. The first-order chi connectivity index (χ1) is 23.3. The molecule has 0 saturated heterocycles. The highest BCUT2D eigenvalue weighted by Crippen LogP contribution is 2.47. The fourth-order valence-electron chi connectivity index (χ4n) is 7.19. The Morgan fingerprint density at radius 3 is 1.47 bits per heavy atom. The normalized spacial score (nSPS) is 11.8. The Morgan fingerprint density at radius 2 is 0.809 bits per heavy atom. The van der Waals surface area contributed by atoms with Gasteiger partial charge in [0, 0.05) is 33.0 Å². The second-order valence-corrected chi connectivity index (χ2v) is 11.9. The fraction of sp³-hybridized carbons (Fsp3) is 0. The van der Waals surface area contributed by atoms with Gasteiger partial charge in [-0.1, -0.05) is 133 Å². The summed E-state index contributed by atoms with van der Waals surface area (Å²) in [5, 5.41) is 9.47. The van der Waals surface area contributed by atoms with Gasteiger partial charge in [0.1, 0.15) is 11.2 Å². The summed E-state index contributed by atoms with van der Waals surface area (Å²) in [7, 11) is 0. The molecule has 0 spiro atoms. The van der Waals surface area contributed by atoms with Gasteiger partial charge >= 0.3 is 0 Å². The summed E-state index contributed by atoms with van der Waals surface area (Å²) in [6, 6.07) is 52.5. The molecule has 2 heterocycles. The van der Waals surface area contributed by atoms with E-state index in [1.54, 1.807) is 0 Å². The van der Waals surface area contributed by atoms with Gasteiger partial charge in [0.05, 0.1) is 0 Å². The minimum Gasteiger partial charge on any atom is -0.455 e. The largest absolute Gasteiger partial charge is 0.455 e. The molecule has 2 aromatic heterocycles. The lowest BCUT2D eigenvalue weighted by Crippen LogP contribution is -2.00. The van der Waals surface area contributed by atoms with E-state index >= 15 is 0 Å². The van der Waals surface area contributed by atoms with Crippen molar-refractivity contribution < 1.29 is 4.42 Å². The second-order valence-electron chi connectivity index (χ2n) is 11.9. The van der Waals surface area contributed by atoms with E-state index in [1.165, 1.54) is 32.3 Å². The SMILES string of the molecule is c1ccc(-c2nc(-c3ccccc3)nc(-c3ccc(-c4ccc5c6ccccc6c6cccc7oc4c5c76)c4ccccc34)n2)cc1. The molecular weight excluding hydrogens is 574 g/mol. The Bertz CT molecular complexity index is 2730. The van der Waals surface area contributed by atoms with Crippen LogP contribution in [0.2, 0.25) is 0 Å². The fourth-order valence-corrected chi connectivity index (χ4v) is 7.19. The predicted molar refractivity (Wildman–Crippen MR) is 193 cm³/mol. The van der Waals surface area contributed by atoms with E-state index in [-0.39, 0.29) is 0 Å². The van der Waals surface area contributed by atoms with E-state index in [0.29, 0.717) is 17.5 Å². The van der Waals surface area contributed by atoms with Crippen molar-refractivity contribution in [2.24, 2.45) is 0 Å². The van der Waals surface area contributed by atoms with Crippen LogP contribution in [0.5, 0.6) is 0 Å². The van der Waals surface area contributed by atoms with Crippen molar-refractivity contribution in [3.8, 4) is 45.3 Å². The molecule has 0 radical (unpaired) electrons. The van der Waals surface area contributed by atoms with Crippen LogP contribution >= 0.6 is 0 Å². The predicted octanol–water partition coefficient (Wildman–Crippen LogP) is 11.3. The van der Waals surface area contributed by atoms with Crippen LogP contribution in [-0.2, 0) is 0 Å². The first-order valence-electron chi connectivity index (χ1n) is 15.8.